The number of quaternary nitrogens is 1. The summed E-state index contributed by atoms with van der Waals surface area (Å²) >= 11 is 0. The lowest BCUT2D eigenvalue weighted by molar-refractivity contribution is -0.887. The summed E-state index contributed by atoms with van der Waals surface area (Å²) in [6, 6.07) is -0.618. The first kappa shape index (κ1) is 52.3. The molecule has 8 heteroatoms. The fraction of sp³-hybridized carbons (Fsp3) is 0.766. The number of ether oxygens (including phenoxy) is 3. The third-order valence-electron chi connectivity index (χ3n) is 9.84. The van der Waals surface area contributed by atoms with Crippen molar-refractivity contribution in [2.75, 3.05) is 41.0 Å². The zero-order chi connectivity index (χ0) is 40.7. The van der Waals surface area contributed by atoms with E-state index in [0.717, 1.165) is 64.2 Å². The Balaban J connectivity index is 4.37. The molecule has 0 rings (SSSR count). The quantitative estimate of drug-likeness (QED) is 0.0287. The molecule has 318 valence electrons. The number of nitrogens with zero attached hydrogens (tertiary/aromatic N) is 1. The van der Waals surface area contributed by atoms with E-state index in [1.54, 1.807) is 0 Å². The van der Waals surface area contributed by atoms with E-state index in [1.165, 1.54) is 83.5 Å². The number of carboxylic acids is 1. The van der Waals surface area contributed by atoms with Crippen LogP contribution in [-0.4, -0.2) is 80.6 Å². The van der Waals surface area contributed by atoms with Gasteiger partial charge in [0.05, 0.1) is 34.4 Å². The number of unbranched alkanes of at least 4 members (excludes halogenated alkanes) is 20. The summed E-state index contributed by atoms with van der Waals surface area (Å²) in [6.45, 7) is 4.58. The predicted molar refractivity (Wildman–Crippen MR) is 229 cm³/mol. The van der Waals surface area contributed by atoms with Crippen LogP contribution in [-0.2, 0) is 28.6 Å². The molecule has 55 heavy (non-hydrogen) atoms. The Hall–Kier alpha value is -2.71. The lowest BCUT2D eigenvalue weighted by Crippen LogP contribution is -2.50. The van der Waals surface area contributed by atoms with Crippen LogP contribution in [0.25, 0.3) is 0 Å². The molecule has 0 heterocycles. The summed E-state index contributed by atoms with van der Waals surface area (Å²) in [7, 11) is 5.52. The molecule has 0 aromatic rings. The predicted octanol–water partition coefficient (Wildman–Crippen LogP) is 12.0. The molecule has 0 radical (unpaired) electrons. The number of carboxylic acid groups (broad SMARTS) is 1. The number of hydrogen-bond acceptors (Lipinski definition) is 6. The van der Waals surface area contributed by atoms with Crippen LogP contribution in [0.4, 0.5) is 0 Å². The third kappa shape index (κ3) is 36.7. The number of aliphatic carboxylic acids is 1. The standard InChI is InChI=1S/C47H83NO7/c1-6-8-10-12-14-16-18-20-22-24-26-28-30-32-34-36-38-46(50)55-43(41-53-40-39-44(47(51)52)48(3,4)5)42-54-45(49)37-35-33-31-29-27-25-23-21-19-17-15-13-11-9-7-2/h9,11,13,15,17,19,21,23,43-44H,6-8,10,12,14,16,18,20,22,24-42H2,1-5H3/p+1/b11-9+,15-13+,19-17+,23-21+. The highest BCUT2D eigenvalue weighted by atomic mass is 16.6. The van der Waals surface area contributed by atoms with E-state index in [9.17, 15) is 19.5 Å². The molecule has 0 aliphatic carbocycles. The molecule has 2 unspecified atom stereocenters. The molecular formula is C47H84NO7+. The van der Waals surface area contributed by atoms with E-state index in [-0.39, 0.29) is 36.2 Å². The van der Waals surface area contributed by atoms with Crippen LogP contribution < -0.4 is 0 Å². The maximum absolute atomic E-state index is 12.7. The number of likely N-dealkylation sites (N-methyl/N-ethyl adjacent to an activating group) is 1. The summed E-state index contributed by atoms with van der Waals surface area (Å²) < 4.78 is 17.3. The maximum atomic E-state index is 12.7. The number of esters is 2. The second-order valence-corrected chi connectivity index (χ2v) is 16.0. The van der Waals surface area contributed by atoms with Crippen molar-refractivity contribution in [3.05, 3.63) is 48.6 Å². The maximum Gasteiger partial charge on any atom is 0.362 e. The van der Waals surface area contributed by atoms with Gasteiger partial charge in [0.15, 0.2) is 12.1 Å². The smallest absolute Gasteiger partial charge is 0.362 e. The van der Waals surface area contributed by atoms with Gasteiger partial charge in [0.25, 0.3) is 0 Å². The van der Waals surface area contributed by atoms with Crippen LogP contribution in [0, 0.1) is 0 Å². The van der Waals surface area contributed by atoms with E-state index >= 15 is 0 Å². The Labute approximate surface area is 337 Å². The van der Waals surface area contributed by atoms with Gasteiger partial charge >= 0.3 is 17.9 Å². The summed E-state index contributed by atoms with van der Waals surface area (Å²) in [4.78, 5) is 37.0. The molecule has 0 fully saturated rings. The van der Waals surface area contributed by atoms with Gasteiger partial charge in [-0.1, -0.05) is 178 Å². The minimum Gasteiger partial charge on any atom is -0.477 e. The Morgan fingerprint density at radius 1 is 0.564 bits per heavy atom. The summed E-state index contributed by atoms with van der Waals surface area (Å²) in [6.07, 6.45) is 44.3. The average molecular weight is 775 g/mol. The highest BCUT2D eigenvalue weighted by Gasteiger charge is 2.31. The number of hydrogen-bond donors (Lipinski definition) is 1. The third-order valence-corrected chi connectivity index (χ3v) is 9.84. The van der Waals surface area contributed by atoms with Gasteiger partial charge in [0, 0.05) is 19.3 Å². The van der Waals surface area contributed by atoms with Gasteiger partial charge in [-0.15, -0.1) is 0 Å². The Morgan fingerprint density at radius 3 is 1.51 bits per heavy atom. The second-order valence-electron chi connectivity index (χ2n) is 16.0. The van der Waals surface area contributed by atoms with E-state index in [4.69, 9.17) is 14.2 Å². The molecular weight excluding hydrogens is 691 g/mol. The number of rotatable bonds is 39. The lowest BCUT2D eigenvalue weighted by Gasteiger charge is -2.31. The molecule has 0 saturated heterocycles. The molecule has 0 aliphatic rings. The van der Waals surface area contributed by atoms with Gasteiger partial charge < -0.3 is 23.8 Å². The van der Waals surface area contributed by atoms with Crippen molar-refractivity contribution in [2.45, 2.75) is 193 Å². The first-order valence-electron chi connectivity index (χ1n) is 22.2. The van der Waals surface area contributed by atoms with Crippen LogP contribution >= 0.6 is 0 Å². The minimum absolute atomic E-state index is 0.0543. The van der Waals surface area contributed by atoms with Crippen LogP contribution in [0.2, 0.25) is 0 Å². The molecule has 0 amide bonds. The van der Waals surface area contributed by atoms with Crippen molar-refractivity contribution in [3.8, 4) is 0 Å². The molecule has 0 saturated carbocycles. The largest absolute Gasteiger partial charge is 0.477 e. The van der Waals surface area contributed by atoms with Crippen LogP contribution in [0.5, 0.6) is 0 Å². The zero-order valence-electron chi connectivity index (χ0n) is 36.1. The first-order valence-corrected chi connectivity index (χ1v) is 22.2. The van der Waals surface area contributed by atoms with Crippen molar-refractivity contribution in [3.63, 3.8) is 0 Å². The van der Waals surface area contributed by atoms with Gasteiger partial charge in [-0.3, -0.25) is 9.59 Å². The summed E-state index contributed by atoms with van der Waals surface area (Å²) in [5, 5.41) is 9.62. The summed E-state index contributed by atoms with van der Waals surface area (Å²) in [5.74, 6) is -1.49. The number of carbonyl (C=O) groups is 3. The van der Waals surface area contributed by atoms with Crippen molar-refractivity contribution in [1.29, 1.82) is 0 Å². The Morgan fingerprint density at radius 2 is 1.02 bits per heavy atom. The number of allylic oxidation sites excluding steroid dienone is 8. The molecule has 1 N–H and O–H groups in total. The molecule has 8 nitrogen and oxygen atoms in total. The van der Waals surface area contributed by atoms with E-state index in [0.29, 0.717) is 19.3 Å². The van der Waals surface area contributed by atoms with E-state index < -0.39 is 18.1 Å². The van der Waals surface area contributed by atoms with E-state index in [1.807, 2.05) is 45.4 Å². The van der Waals surface area contributed by atoms with Crippen LogP contribution in [0.3, 0.4) is 0 Å². The highest BCUT2D eigenvalue weighted by molar-refractivity contribution is 5.72. The lowest BCUT2D eigenvalue weighted by atomic mass is 10.0. The van der Waals surface area contributed by atoms with Crippen LogP contribution in [0.1, 0.15) is 181 Å². The number of carbonyl (C=O) groups excluding carboxylic acids is 2. The molecule has 0 aromatic heterocycles. The topological polar surface area (TPSA) is 99.1 Å². The molecule has 0 bridgehead atoms. The Bertz CT molecular complexity index is 1040. The minimum atomic E-state index is -0.879. The second kappa shape index (κ2) is 38.2. The van der Waals surface area contributed by atoms with Gasteiger partial charge in [-0.05, 0) is 32.1 Å². The fourth-order valence-electron chi connectivity index (χ4n) is 6.40. The molecule has 0 spiro atoms. The fourth-order valence-corrected chi connectivity index (χ4v) is 6.40. The van der Waals surface area contributed by atoms with Crippen LogP contribution in [0.15, 0.2) is 48.6 Å². The summed E-state index contributed by atoms with van der Waals surface area (Å²) in [5.41, 5.74) is 0. The average Bonchev–Trinajstić information content (AvgIpc) is 3.14. The van der Waals surface area contributed by atoms with Gasteiger partial charge in [-0.25, -0.2) is 4.79 Å². The normalized spacial score (nSPS) is 13.4. The Kier molecular flexibility index (Phi) is 36.3. The monoisotopic (exact) mass is 775 g/mol. The molecule has 2 atom stereocenters. The molecule has 0 aromatic carbocycles. The van der Waals surface area contributed by atoms with Crippen molar-refractivity contribution >= 4 is 17.9 Å². The van der Waals surface area contributed by atoms with Gasteiger partial charge in [-0.2, -0.15) is 0 Å². The van der Waals surface area contributed by atoms with Gasteiger partial charge in [0.1, 0.15) is 6.61 Å². The highest BCUT2D eigenvalue weighted by Crippen LogP contribution is 2.15. The van der Waals surface area contributed by atoms with Crippen molar-refractivity contribution in [2.24, 2.45) is 0 Å². The van der Waals surface area contributed by atoms with Gasteiger partial charge in [0.2, 0.25) is 0 Å². The van der Waals surface area contributed by atoms with E-state index in [2.05, 4.69) is 38.2 Å². The first-order chi connectivity index (χ1) is 26.6. The zero-order valence-corrected chi connectivity index (χ0v) is 36.1. The van der Waals surface area contributed by atoms with Crippen molar-refractivity contribution in [1.82, 2.24) is 0 Å². The SMILES string of the molecule is CC/C=C/C=C/C=C/C=C/CCCCCCCC(=O)OCC(COCCC(C(=O)O)[N+](C)(C)C)OC(=O)CCCCCCCCCCCCCCCCCC. The van der Waals surface area contributed by atoms with Crippen molar-refractivity contribution < 1.29 is 38.2 Å². The molecule has 0 aliphatic heterocycles.